The smallest absolute Gasteiger partial charge is 0.132 e. The van der Waals surface area contributed by atoms with Crippen molar-refractivity contribution in [3.63, 3.8) is 0 Å². The van der Waals surface area contributed by atoms with Crippen LogP contribution in [0.4, 0.5) is 0 Å². The number of imidazole rings is 1. The van der Waals surface area contributed by atoms with Crippen LogP contribution < -0.4 is 11.3 Å². The highest BCUT2D eigenvalue weighted by Gasteiger charge is 2.20. The second-order valence-corrected chi connectivity index (χ2v) is 5.11. The van der Waals surface area contributed by atoms with Crippen LogP contribution in [-0.2, 0) is 6.54 Å². The van der Waals surface area contributed by atoms with Gasteiger partial charge in [-0.25, -0.2) is 10.4 Å². The number of halogens is 1. The molecular formula is C10H13BrN4S. The zero-order valence-corrected chi connectivity index (χ0v) is 11.3. The summed E-state index contributed by atoms with van der Waals surface area (Å²) in [5, 5.41) is 2.03. The molecule has 1 unspecified atom stereocenters. The Morgan fingerprint density at radius 3 is 3.06 bits per heavy atom. The molecule has 3 N–H and O–H groups in total. The Labute approximate surface area is 107 Å². The minimum Gasteiger partial charge on any atom is -0.334 e. The third-order valence-corrected chi connectivity index (χ3v) is 4.36. The van der Waals surface area contributed by atoms with Gasteiger partial charge >= 0.3 is 0 Å². The third-order valence-electron chi connectivity index (χ3n) is 2.42. The van der Waals surface area contributed by atoms with Crippen molar-refractivity contribution in [1.82, 2.24) is 15.0 Å². The second-order valence-electron chi connectivity index (χ2n) is 3.30. The number of thiophene rings is 1. The Morgan fingerprint density at radius 2 is 2.50 bits per heavy atom. The van der Waals surface area contributed by atoms with Crippen molar-refractivity contribution >= 4 is 27.3 Å². The van der Waals surface area contributed by atoms with Crippen molar-refractivity contribution in [2.75, 3.05) is 0 Å². The maximum absolute atomic E-state index is 5.63. The Bertz CT molecular complexity index is 465. The summed E-state index contributed by atoms with van der Waals surface area (Å²) in [7, 11) is 0. The molecule has 0 saturated heterocycles. The number of nitrogens with one attached hydrogen (secondary N) is 1. The SMILES string of the molecule is CCn1ccnc1C(NN)c1sccc1Br. The van der Waals surface area contributed by atoms with Crippen LogP contribution >= 0.6 is 27.3 Å². The molecule has 0 radical (unpaired) electrons. The second kappa shape index (κ2) is 5.09. The Balaban J connectivity index is 2.40. The topological polar surface area (TPSA) is 55.9 Å². The number of hydrogen-bond acceptors (Lipinski definition) is 4. The average molecular weight is 301 g/mol. The average Bonchev–Trinajstić information content (AvgIpc) is 2.90. The monoisotopic (exact) mass is 300 g/mol. The molecule has 86 valence electrons. The molecule has 0 fully saturated rings. The van der Waals surface area contributed by atoms with Gasteiger partial charge in [0.25, 0.3) is 0 Å². The van der Waals surface area contributed by atoms with Crippen LogP contribution in [0.2, 0.25) is 0 Å². The first kappa shape index (κ1) is 11.8. The van der Waals surface area contributed by atoms with Crippen molar-refractivity contribution in [2.45, 2.75) is 19.5 Å². The zero-order chi connectivity index (χ0) is 11.5. The zero-order valence-electron chi connectivity index (χ0n) is 8.85. The van der Waals surface area contributed by atoms with E-state index >= 15 is 0 Å². The fourth-order valence-electron chi connectivity index (χ4n) is 1.63. The molecule has 4 nitrogen and oxygen atoms in total. The summed E-state index contributed by atoms with van der Waals surface area (Å²) in [5.41, 5.74) is 2.82. The predicted octanol–water partition coefficient (Wildman–Crippen LogP) is 2.28. The standard InChI is InChI=1S/C10H13BrN4S/c1-2-15-5-4-13-10(15)8(14-12)9-7(11)3-6-16-9/h3-6,8,14H,2,12H2,1H3. The van der Waals surface area contributed by atoms with Gasteiger partial charge in [-0.05, 0) is 34.3 Å². The van der Waals surface area contributed by atoms with E-state index in [1.807, 2.05) is 17.6 Å². The molecule has 0 bridgehead atoms. The van der Waals surface area contributed by atoms with E-state index in [4.69, 9.17) is 5.84 Å². The lowest BCUT2D eigenvalue weighted by atomic mass is 10.2. The van der Waals surface area contributed by atoms with Crippen molar-refractivity contribution < 1.29 is 0 Å². The van der Waals surface area contributed by atoms with Crippen LogP contribution in [0, 0.1) is 0 Å². The Hall–Kier alpha value is -0.690. The maximum atomic E-state index is 5.63. The molecule has 2 heterocycles. The molecule has 0 saturated carbocycles. The summed E-state index contributed by atoms with van der Waals surface area (Å²) in [5.74, 6) is 6.57. The molecule has 1 atom stereocenters. The maximum Gasteiger partial charge on any atom is 0.132 e. The minimum atomic E-state index is -0.0654. The summed E-state index contributed by atoms with van der Waals surface area (Å²) in [6.45, 7) is 2.97. The van der Waals surface area contributed by atoms with E-state index in [2.05, 4.69) is 37.8 Å². The lowest BCUT2D eigenvalue weighted by molar-refractivity contribution is 0.566. The van der Waals surface area contributed by atoms with E-state index in [1.165, 1.54) is 0 Å². The summed E-state index contributed by atoms with van der Waals surface area (Å²) in [6.07, 6.45) is 3.76. The number of rotatable bonds is 4. The van der Waals surface area contributed by atoms with Crippen molar-refractivity contribution in [2.24, 2.45) is 5.84 Å². The highest BCUT2D eigenvalue weighted by molar-refractivity contribution is 9.10. The molecule has 0 aliphatic heterocycles. The largest absolute Gasteiger partial charge is 0.334 e. The number of aryl methyl sites for hydroxylation is 1. The van der Waals surface area contributed by atoms with E-state index in [0.29, 0.717) is 0 Å². The summed E-state index contributed by atoms with van der Waals surface area (Å²) in [6, 6.07) is 1.95. The van der Waals surface area contributed by atoms with Crippen LogP contribution in [-0.4, -0.2) is 9.55 Å². The van der Waals surface area contributed by atoms with Crippen LogP contribution in [0.3, 0.4) is 0 Å². The van der Waals surface area contributed by atoms with Gasteiger partial charge in [0.2, 0.25) is 0 Å². The van der Waals surface area contributed by atoms with Gasteiger partial charge < -0.3 is 4.57 Å². The van der Waals surface area contributed by atoms with Crippen molar-refractivity contribution in [3.05, 3.63) is 39.0 Å². The van der Waals surface area contributed by atoms with Crippen molar-refractivity contribution in [1.29, 1.82) is 0 Å². The van der Waals surface area contributed by atoms with Gasteiger partial charge in [-0.1, -0.05) is 0 Å². The van der Waals surface area contributed by atoms with E-state index < -0.39 is 0 Å². The minimum absolute atomic E-state index is 0.0654. The molecule has 2 aromatic rings. The number of nitrogens with two attached hydrogens (primary N) is 1. The van der Waals surface area contributed by atoms with Gasteiger partial charge in [0.1, 0.15) is 11.9 Å². The molecule has 16 heavy (non-hydrogen) atoms. The van der Waals surface area contributed by atoms with Crippen LogP contribution in [0.5, 0.6) is 0 Å². The van der Waals surface area contributed by atoms with Gasteiger partial charge in [-0.15, -0.1) is 11.3 Å². The van der Waals surface area contributed by atoms with Crippen LogP contribution in [0.25, 0.3) is 0 Å². The number of nitrogens with zero attached hydrogens (tertiary/aromatic N) is 2. The Kier molecular flexibility index (Phi) is 3.75. The van der Waals surface area contributed by atoms with Gasteiger partial charge in [0.15, 0.2) is 0 Å². The molecule has 2 rings (SSSR count). The van der Waals surface area contributed by atoms with E-state index in [1.54, 1.807) is 17.5 Å². The summed E-state index contributed by atoms with van der Waals surface area (Å²) < 4.78 is 3.14. The molecular weight excluding hydrogens is 288 g/mol. The molecule has 2 aromatic heterocycles. The summed E-state index contributed by atoms with van der Waals surface area (Å²) in [4.78, 5) is 5.50. The first-order chi connectivity index (χ1) is 7.77. The highest BCUT2D eigenvalue weighted by Crippen LogP contribution is 2.31. The fourth-order valence-corrected chi connectivity index (χ4v) is 3.28. The number of aromatic nitrogens is 2. The molecule has 0 aromatic carbocycles. The predicted molar refractivity (Wildman–Crippen MR) is 69.1 cm³/mol. The first-order valence-electron chi connectivity index (χ1n) is 4.98. The number of hydrazine groups is 1. The quantitative estimate of drug-likeness (QED) is 0.673. The Morgan fingerprint density at radius 1 is 1.69 bits per heavy atom. The molecule has 0 aliphatic rings. The molecule has 0 spiro atoms. The van der Waals surface area contributed by atoms with E-state index in [9.17, 15) is 0 Å². The fraction of sp³-hybridized carbons (Fsp3) is 0.300. The van der Waals surface area contributed by atoms with E-state index in [0.717, 1.165) is 21.7 Å². The van der Waals surface area contributed by atoms with Gasteiger partial charge in [0.05, 0.1) is 0 Å². The van der Waals surface area contributed by atoms with Crippen LogP contribution in [0.1, 0.15) is 23.7 Å². The highest BCUT2D eigenvalue weighted by atomic mass is 79.9. The van der Waals surface area contributed by atoms with Crippen LogP contribution in [0.15, 0.2) is 28.3 Å². The lowest BCUT2D eigenvalue weighted by Gasteiger charge is -2.15. The summed E-state index contributed by atoms with van der Waals surface area (Å²) >= 11 is 5.17. The molecule has 0 aliphatic carbocycles. The van der Waals surface area contributed by atoms with E-state index in [-0.39, 0.29) is 6.04 Å². The molecule has 6 heteroatoms. The van der Waals surface area contributed by atoms with Crippen molar-refractivity contribution in [3.8, 4) is 0 Å². The normalized spacial score (nSPS) is 12.9. The van der Waals surface area contributed by atoms with Gasteiger partial charge in [-0.3, -0.25) is 5.84 Å². The van der Waals surface area contributed by atoms with Gasteiger partial charge in [0, 0.05) is 28.3 Å². The third kappa shape index (κ3) is 2.06. The first-order valence-corrected chi connectivity index (χ1v) is 6.65. The molecule has 0 amide bonds. The number of hydrogen-bond donors (Lipinski definition) is 2. The van der Waals surface area contributed by atoms with Gasteiger partial charge in [-0.2, -0.15) is 0 Å². The lowest BCUT2D eigenvalue weighted by Crippen LogP contribution is -2.30.